The van der Waals surface area contributed by atoms with E-state index in [0.29, 0.717) is 5.56 Å². The van der Waals surface area contributed by atoms with Crippen molar-refractivity contribution in [2.24, 2.45) is 0 Å². The third-order valence-electron chi connectivity index (χ3n) is 3.66. The van der Waals surface area contributed by atoms with Gasteiger partial charge in [-0.2, -0.15) is 5.10 Å². The molecule has 2 aromatic carbocycles. The van der Waals surface area contributed by atoms with Crippen LogP contribution in [0.1, 0.15) is 10.4 Å². The first-order chi connectivity index (χ1) is 12.4. The Kier molecular flexibility index (Phi) is 4.92. The highest BCUT2D eigenvalue weighted by Crippen LogP contribution is 2.26. The molecule has 0 radical (unpaired) electrons. The molecule has 26 heavy (non-hydrogen) atoms. The zero-order valence-electron chi connectivity index (χ0n) is 13.2. The van der Waals surface area contributed by atoms with Crippen LogP contribution >= 0.6 is 0 Å². The molecule has 6 nitrogen and oxygen atoms in total. The minimum Gasteiger partial charge on any atom is -0.292 e. The van der Waals surface area contributed by atoms with E-state index in [1.165, 1.54) is 42.7 Å². The van der Waals surface area contributed by atoms with Gasteiger partial charge in [0, 0.05) is 17.3 Å². The molecule has 3 aromatic rings. The summed E-state index contributed by atoms with van der Waals surface area (Å²) in [5.74, 6) is -3.17. The second-order valence-electron chi connectivity index (χ2n) is 5.33. The van der Waals surface area contributed by atoms with Crippen molar-refractivity contribution in [3.63, 3.8) is 0 Å². The number of rotatable bonds is 6. The van der Waals surface area contributed by atoms with E-state index in [4.69, 9.17) is 0 Å². The van der Waals surface area contributed by atoms with Crippen LogP contribution < -0.4 is 4.72 Å². The van der Waals surface area contributed by atoms with Crippen molar-refractivity contribution < 1.29 is 22.0 Å². The number of ketones is 1. The van der Waals surface area contributed by atoms with Crippen LogP contribution in [-0.2, 0) is 10.0 Å². The zero-order chi connectivity index (χ0) is 18.7. The van der Waals surface area contributed by atoms with Crippen LogP contribution in [0.4, 0.5) is 8.78 Å². The maximum absolute atomic E-state index is 14.6. The van der Waals surface area contributed by atoms with Crippen LogP contribution in [0.2, 0.25) is 0 Å². The van der Waals surface area contributed by atoms with Gasteiger partial charge in [-0.25, -0.2) is 21.9 Å². The predicted molar refractivity (Wildman–Crippen MR) is 89.9 cm³/mol. The number of aromatic amines is 1. The molecule has 1 heterocycles. The summed E-state index contributed by atoms with van der Waals surface area (Å²) in [5, 5.41) is 6.17. The summed E-state index contributed by atoms with van der Waals surface area (Å²) in [6.07, 6.45) is 2.71. The van der Waals surface area contributed by atoms with Crippen LogP contribution in [0.5, 0.6) is 0 Å². The Morgan fingerprint density at radius 1 is 1.12 bits per heavy atom. The predicted octanol–water partition coefficient (Wildman–Crippen LogP) is 2.52. The van der Waals surface area contributed by atoms with Gasteiger partial charge >= 0.3 is 0 Å². The first-order valence-electron chi connectivity index (χ1n) is 7.45. The summed E-state index contributed by atoms with van der Waals surface area (Å²) < 4.78 is 54.9. The molecule has 3 rings (SSSR count). The summed E-state index contributed by atoms with van der Waals surface area (Å²) in [5.41, 5.74) is -0.490. The zero-order valence-corrected chi connectivity index (χ0v) is 14.1. The number of carbonyl (C=O) groups is 1. The normalized spacial score (nSPS) is 11.5. The molecular weight excluding hydrogens is 364 g/mol. The van der Waals surface area contributed by atoms with E-state index in [1.807, 2.05) is 0 Å². The highest BCUT2D eigenvalue weighted by molar-refractivity contribution is 7.89. The minimum atomic E-state index is -3.97. The van der Waals surface area contributed by atoms with E-state index in [9.17, 15) is 22.0 Å². The number of sulfonamides is 1. The lowest BCUT2D eigenvalue weighted by Crippen LogP contribution is -2.30. The van der Waals surface area contributed by atoms with Crippen LogP contribution in [0.25, 0.3) is 11.1 Å². The number of hydrogen-bond donors (Lipinski definition) is 2. The third-order valence-corrected chi connectivity index (χ3v) is 5.07. The number of benzene rings is 2. The summed E-state index contributed by atoms with van der Waals surface area (Å²) in [6.45, 7) is -0.778. The van der Waals surface area contributed by atoms with Gasteiger partial charge in [0.15, 0.2) is 5.78 Å². The van der Waals surface area contributed by atoms with Gasteiger partial charge in [0.2, 0.25) is 10.0 Å². The molecule has 0 amide bonds. The van der Waals surface area contributed by atoms with Crippen molar-refractivity contribution in [2.45, 2.75) is 4.90 Å². The van der Waals surface area contributed by atoms with Crippen molar-refractivity contribution in [1.29, 1.82) is 0 Å². The fraction of sp³-hybridized carbons (Fsp3) is 0.0588. The number of carbonyl (C=O) groups excluding carboxylic acids is 1. The number of H-pyrrole nitrogens is 1. The molecule has 0 spiro atoms. The average molecular weight is 377 g/mol. The second-order valence-corrected chi connectivity index (χ2v) is 7.10. The number of aromatic nitrogens is 2. The fourth-order valence-corrected chi connectivity index (χ4v) is 3.36. The third kappa shape index (κ3) is 3.53. The maximum atomic E-state index is 14.6. The van der Waals surface area contributed by atoms with E-state index < -0.39 is 39.5 Å². The van der Waals surface area contributed by atoms with Crippen molar-refractivity contribution in [3.8, 4) is 11.1 Å². The van der Waals surface area contributed by atoms with Gasteiger partial charge < -0.3 is 0 Å². The SMILES string of the molecule is O=C(CNS(=O)(=O)c1ccccc1)c1c(F)ccc(-c2cn[nH]c2)c1F. The molecule has 0 atom stereocenters. The number of Topliss-reactive ketones (excluding diaryl/α,β-unsaturated/α-hetero) is 1. The number of hydrogen-bond acceptors (Lipinski definition) is 4. The van der Waals surface area contributed by atoms with Crippen LogP contribution in [0, 0.1) is 11.6 Å². The molecule has 0 aliphatic rings. The maximum Gasteiger partial charge on any atom is 0.240 e. The minimum absolute atomic E-state index is 0.0191. The molecule has 134 valence electrons. The van der Waals surface area contributed by atoms with Gasteiger partial charge in [0.25, 0.3) is 0 Å². The topological polar surface area (TPSA) is 91.9 Å². The highest BCUT2D eigenvalue weighted by Gasteiger charge is 2.23. The molecule has 0 aliphatic carbocycles. The van der Waals surface area contributed by atoms with E-state index in [-0.39, 0.29) is 10.5 Å². The second kappa shape index (κ2) is 7.14. The Balaban J connectivity index is 1.86. The Labute approximate surface area is 147 Å². The van der Waals surface area contributed by atoms with Gasteiger partial charge in [-0.15, -0.1) is 0 Å². The average Bonchev–Trinajstić information content (AvgIpc) is 3.15. The Morgan fingerprint density at radius 2 is 1.85 bits per heavy atom. The molecule has 9 heteroatoms. The lowest BCUT2D eigenvalue weighted by atomic mass is 10.0. The van der Waals surface area contributed by atoms with E-state index in [2.05, 4.69) is 14.9 Å². The van der Waals surface area contributed by atoms with Gasteiger partial charge in [0.05, 0.1) is 23.2 Å². The van der Waals surface area contributed by atoms with Gasteiger partial charge in [-0.3, -0.25) is 9.89 Å². The largest absolute Gasteiger partial charge is 0.292 e. The van der Waals surface area contributed by atoms with Crippen molar-refractivity contribution in [3.05, 3.63) is 72.1 Å². The van der Waals surface area contributed by atoms with E-state index >= 15 is 0 Å². The molecule has 2 N–H and O–H groups in total. The first kappa shape index (κ1) is 17.9. The van der Waals surface area contributed by atoms with Crippen molar-refractivity contribution in [1.82, 2.24) is 14.9 Å². The molecule has 0 saturated heterocycles. The van der Waals surface area contributed by atoms with Gasteiger partial charge in [-0.1, -0.05) is 18.2 Å². The summed E-state index contributed by atoms with van der Waals surface area (Å²) in [4.78, 5) is 12.2. The van der Waals surface area contributed by atoms with Crippen molar-refractivity contribution in [2.75, 3.05) is 6.54 Å². The Hall–Kier alpha value is -2.91. The Bertz CT molecular complexity index is 1040. The highest BCUT2D eigenvalue weighted by atomic mass is 32.2. The quantitative estimate of drug-likeness (QED) is 0.646. The molecular formula is C17H13F2N3O3S. The summed E-state index contributed by atoms with van der Waals surface area (Å²) in [7, 11) is -3.97. The number of nitrogens with zero attached hydrogens (tertiary/aromatic N) is 1. The molecule has 0 fully saturated rings. The molecule has 1 aromatic heterocycles. The van der Waals surface area contributed by atoms with E-state index in [0.717, 1.165) is 6.07 Å². The summed E-state index contributed by atoms with van der Waals surface area (Å²) in [6, 6.07) is 9.48. The number of halogens is 2. The van der Waals surface area contributed by atoms with Gasteiger partial charge in [0.1, 0.15) is 11.6 Å². The molecule has 0 bridgehead atoms. The monoisotopic (exact) mass is 377 g/mol. The fourth-order valence-electron chi connectivity index (χ4n) is 2.36. The molecule has 0 unspecified atom stereocenters. The standard InChI is InChI=1S/C17H13F2N3O3S/c18-14-7-6-13(11-8-20-21-9-11)17(19)16(14)15(23)10-22-26(24,25)12-4-2-1-3-5-12/h1-9,22H,10H2,(H,20,21). The molecule has 0 aliphatic heterocycles. The summed E-state index contributed by atoms with van der Waals surface area (Å²) >= 11 is 0. The first-order valence-corrected chi connectivity index (χ1v) is 8.93. The number of nitrogens with one attached hydrogen (secondary N) is 2. The lowest BCUT2D eigenvalue weighted by molar-refractivity contribution is 0.0989. The van der Waals surface area contributed by atoms with Gasteiger partial charge in [-0.05, 0) is 24.3 Å². The van der Waals surface area contributed by atoms with Crippen LogP contribution in [0.3, 0.4) is 0 Å². The molecule has 0 saturated carbocycles. The van der Waals surface area contributed by atoms with Crippen LogP contribution in [0.15, 0.2) is 59.8 Å². The Morgan fingerprint density at radius 3 is 2.50 bits per heavy atom. The van der Waals surface area contributed by atoms with Crippen LogP contribution in [-0.4, -0.2) is 30.9 Å². The lowest BCUT2D eigenvalue weighted by Gasteiger charge is -2.09. The van der Waals surface area contributed by atoms with E-state index in [1.54, 1.807) is 6.07 Å². The smallest absolute Gasteiger partial charge is 0.240 e. The van der Waals surface area contributed by atoms with Crippen molar-refractivity contribution >= 4 is 15.8 Å².